The standard InChI is InChI=1S/C38H65N5O7/c1-12-25(6)34(42(9)38(48)33(24(4)5)41-37(47)32(39-8)23(2)3)30(49-10)22-31(45)43-21-13-14-29(43)35(50-11)26(7)36(46)40-20-19-27-15-17-28(44)18-16-27/h15-18,23-26,29-30,32-35,39,44H,12-14,19-22H2,1-11H3,(H,40,46)(H,41,47). The summed E-state index contributed by atoms with van der Waals surface area (Å²) in [7, 11) is 6.61. The number of likely N-dealkylation sites (N-methyl/N-ethyl adjacent to an activating group) is 2. The second-order valence-electron chi connectivity index (χ2n) is 14.5. The van der Waals surface area contributed by atoms with Gasteiger partial charge in [0.2, 0.25) is 23.6 Å². The van der Waals surface area contributed by atoms with Gasteiger partial charge in [0.15, 0.2) is 0 Å². The summed E-state index contributed by atoms with van der Waals surface area (Å²) in [4.78, 5) is 58.0. The molecule has 1 heterocycles. The highest BCUT2D eigenvalue weighted by atomic mass is 16.5. The van der Waals surface area contributed by atoms with Crippen LogP contribution in [0.3, 0.4) is 0 Å². The summed E-state index contributed by atoms with van der Waals surface area (Å²) >= 11 is 0. The van der Waals surface area contributed by atoms with Crippen molar-refractivity contribution in [1.82, 2.24) is 25.8 Å². The summed E-state index contributed by atoms with van der Waals surface area (Å²) in [5.41, 5.74) is 1.00. The lowest BCUT2D eigenvalue weighted by atomic mass is 9.89. The van der Waals surface area contributed by atoms with Gasteiger partial charge in [-0.1, -0.05) is 67.0 Å². The van der Waals surface area contributed by atoms with Crippen molar-refractivity contribution in [3.8, 4) is 5.75 Å². The third kappa shape index (κ3) is 11.4. The van der Waals surface area contributed by atoms with Gasteiger partial charge in [0.25, 0.3) is 0 Å². The molecule has 4 N–H and O–H groups in total. The molecule has 0 spiro atoms. The number of carbonyl (C=O) groups is 4. The average molecular weight is 704 g/mol. The summed E-state index contributed by atoms with van der Waals surface area (Å²) in [6.07, 6.45) is 1.82. The predicted molar refractivity (Wildman–Crippen MR) is 195 cm³/mol. The molecule has 1 fully saturated rings. The van der Waals surface area contributed by atoms with Crippen LogP contribution in [0, 0.1) is 23.7 Å². The van der Waals surface area contributed by atoms with E-state index in [9.17, 15) is 24.3 Å². The Labute approximate surface area is 300 Å². The Balaban J connectivity index is 2.19. The van der Waals surface area contributed by atoms with Crippen LogP contribution in [0.1, 0.15) is 79.7 Å². The van der Waals surface area contributed by atoms with Gasteiger partial charge in [0.1, 0.15) is 11.8 Å². The molecule has 1 aliphatic heterocycles. The first-order chi connectivity index (χ1) is 23.6. The number of carbonyl (C=O) groups excluding carboxylic acids is 4. The van der Waals surface area contributed by atoms with E-state index < -0.39 is 36.3 Å². The lowest BCUT2D eigenvalue weighted by Gasteiger charge is -2.41. The number of nitrogens with zero attached hydrogens (tertiary/aromatic N) is 2. The van der Waals surface area contributed by atoms with Crippen LogP contribution in [0.4, 0.5) is 0 Å². The molecule has 2 rings (SSSR count). The van der Waals surface area contributed by atoms with Crippen LogP contribution < -0.4 is 16.0 Å². The highest BCUT2D eigenvalue weighted by Crippen LogP contribution is 2.29. The maximum atomic E-state index is 14.1. The number of phenolic OH excluding ortho intramolecular Hbond substituents is 1. The molecule has 0 aliphatic carbocycles. The number of benzene rings is 1. The van der Waals surface area contributed by atoms with Crippen molar-refractivity contribution in [2.75, 3.05) is 41.4 Å². The summed E-state index contributed by atoms with van der Waals surface area (Å²) in [6, 6.07) is 4.99. The van der Waals surface area contributed by atoms with E-state index in [1.165, 1.54) is 0 Å². The lowest BCUT2D eigenvalue weighted by Crippen LogP contribution is -2.59. The van der Waals surface area contributed by atoms with Gasteiger partial charge < -0.3 is 40.3 Å². The van der Waals surface area contributed by atoms with E-state index in [1.54, 1.807) is 45.3 Å². The number of hydrogen-bond donors (Lipinski definition) is 4. The number of phenols is 1. The van der Waals surface area contributed by atoms with Gasteiger partial charge in [-0.05, 0) is 61.8 Å². The molecule has 12 heteroatoms. The molecule has 0 bridgehead atoms. The van der Waals surface area contributed by atoms with Gasteiger partial charge in [-0.3, -0.25) is 19.2 Å². The topological polar surface area (TPSA) is 150 Å². The Morgan fingerprint density at radius 1 is 0.960 bits per heavy atom. The van der Waals surface area contributed by atoms with Crippen molar-refractivity contribution in [3.05, 3.63) is 29.8 Å². The minimum absolute atomic E-state index is 0.00247. The summed E-state index contributed by atoms with van der Waals surface area (Å²) < 4.78 is 11.9. The highest BCUT2D eigenvalue weighted by Gasteiger charge is 2.43. The van der Waals surface area contributed by atoms with Crippen molar-refractivity contribution < 1.29 is 33.8 Å². The maximum absolute atomic E-state index is 14.1. The van der Waals surface area contributed by atoms with Crippen LogP contribution in [0.2, 0.25) is 0 Å². The Kier molecular flexibility index (Phi) is 17.7. The Bertz CT molecular complexity index is 1230. The second-order valence-corrected chi connectivity index (χ2v) is 14.5. The largest absolute Gasteiger partial charge is 0.508 e. The molecule has 8 unspecified atom stereocenters. The fourth-order valence-electron chi connectivity index (χ4n) is 7.20. The first-order valence-electron chi connectivity index (χ1n) is 18.3. The third-order valence-electron chi connectivity index (χ3n) is 10.4. The number of aromatic hydroxyl groups is 1. The van der Waals surface area contributed by atoms with Crippen molar-refractivity contribution in [2.45, 2.75) is 117 Å². The molecule has 1 aromatic carbocycles. The number of methoxy groups -OCH3 is 2. The molecule has 8 atom stereocenters. The minimum Gasteiger partial charge on any atom is -0.508 e. The number of amides is 4. The molecule has 0 saturated carbocycles. The van der Waals surface area contributed by atoms with Gasteiger partial charge in [-0.25, -0.2) is 0 Å². The van der Waals surface area contributed by atoms with Crippen LogP contribution in [-0.4, -0.2) is 116 Å². The van der Waals surface area contributed by atoms with Crippen molar-refractivity contribution in [1.29, 1.82) is 0 Å². The minimum atomic E-state index is -0.749. The van der Waals surface area contributed by atoms with Crippen LogP contribution in [0.5, 0.6) is 5.75 Å². The summed E-state index contributed by atoms with van der Waals surface area (Å²) in [6.45, 7) is 14.6. The van der Waals surface area contributed by atoms with Crippen LogP contribution in [0.15, 0.2) is 24.3 Å². The fraction of sp³-hybridized carbons (Fsp3) is 0.737. The molecule has 1 aromatic rings. The van der Waals surface area contributed by atoms with Crippen LogP contribution in [-0.2, 0) is 35.1 Å². The molecule has 0 aromatic heterocycles. The fourth-order valence-corrected chi connectivity index (χ4v) is 7.20. The number of likely N-dealkylation sites (tertiary alicyclic amines) is 1. The van der Waals surface area contributed by atoms with E-state index in [1.807, 2.05) is 65.5 Å². The molecule has 1 saturated heterocycles. The second kappa shape index (κ2) is 20.6. The molecule has 4 amide bonds. The zero-order valence-electron chi connectivity index (χ0n) is 32.3. The van der Waals surface area contributed by atoms with Gasteiger partial charge in [0.05, 0.1) is 42.7 Å². The Morgan fingerprint density at radius 3 is 2.10 bits per heavy atom. The Hall–Kier alpha value is -3.22. The smallest absolute Gasteiger partial charge is 0.245 e. The van der Waals surface area contributed by atoms with Crippen molar-refractivity contribution >= 4 is 23.6 Å². The lowest BCUT2D eigenvalue weighted by molar-refractivity contribution is -0.147. The number of ether oxygens (including phenoxy) is 2. The molecule has 1 aliphatic rings. The van der Waals surface area contributed by atoms with Gasteiger partial charge in [-0.2, -0.15) is 0 Å². The third-order valence-corrected chi connectivity index (χ3v) is 10.4. The van der Waals surface area contributed by atoms with Crippen LogP contribution in [0.25, 0.3) is 0 Å². The number of nitrogens with one attached hydrogen (secondary N) is 3. The Morgan fingerprint density at radius 2 is 1.58 bits per heavy atom. The number of rotatable bonds is 20. The quantitative estimate of drug-likeness (QED) is 0.162. The van der Waals surface area contributed by atoms with Crippen molar-refractivity contribution in [3.63, 3.8) is 0 Å². The van der Waals surface area contributed by atoms with E-state index >= 15 is 0 Å². The first-order valence-corrected chi connectivity index (χ1v) is 18.3. The predicted octanol–water partition coefficient (Wildman–Crippen LogP) is 3.36. The monoisotopic (exact) mass is 703 g/mol. The summed E-state index contributed by atoms with van der Waals surface area (Å²) in [5.74, 6) is -1.15. The van der Waals surface area contributed by atoms with Crippen molar-refractivity contribution in [2.24, 2.45) is 23.7 Å². The molecule has 0 radical (unpaired) electrons. The zero-order valence-corrected chi connectivity index (χ0v) is 32.3. The SMILES string of the molecule is CCC(C)C(C(CC(=O)N1CCCC1C(OC)C(C)C(=O)NCCc1ccc(O)cc1)OC)N(C)C(=O)C(NC(=O)C(NC)C(C)C)C(C)C. The van der Waals surface area contributed by atoms with E-state index in [2.05, 4.69) is 16.0 Å². The zero-order chi connectivity index (χ0) is 37.7. The van der Waals surface area contributed by atoms with E-state index in [0.29, 0.717) is 25.9 Å². The number of hydrogen-bond acceptors (Lipinski definition) is 8. The molecular formula is C38H65N5O7. The van der Waals surface area contributed by atoms with E-state index in [-0.39, 0.29) is 59.6 Å². The maximum Gasteiger partial charge on any atom is 0.245 e. The molecule has 284 valence electrons. The highest BCUT2D eigenvalue weighted by molar-refractivity contribution is 5.90. The molecular weight excluding hydrogens is 638 g/mol. The normalized spacial score (nSPS) is 19.0. The van der Waals surface area contributed by atoms with Gasteiger partial charge >= 0.3 is 0 Å². The van der Waals surface area contributed by atoms with E-state index in [4.69, 9.17) is 9.47 Å². The van der Waals surface area contributed by atoms with Gasteiger partial charge in [0, 0.05) is 34.4 Å². The van der Waals surface area contributed by atoms with E-state index in [0.717, 1.165) is 18.4 Å². The van der Waals surface area contributed by atoms with Crippen LogP contribution >= 0.6 is 0 Å². The molecule has 12 nitrogen and oxygen atoms in total. The van der Waals surface area contributed by atoms with Gasteiger partial charge in [-0.15, -0.1) is 0 Å². The summed E-state index contributed by atoms with van der Waals surface area (Å²) in [5, 5.41) is 18.6. The average Bonchev–Trinajstić information content (AvgIpc) is 3.57. The first kappa shape index (κ1) is 42.9. The molecule has 50 heavy (non-hydrogen) atoms.